The van der Waals surface area contributed by atoms with Crippen LogP contribution in [0.15, 0.2) is 30.3 Å². The zero-order chi connectivity index (χ0) is 15.2. The van der Waals surface area contributed by atoms with Gasteiger partial charge in [-0.15, -0.1) is 0 Å². The van der Waals surface area contributed by atoms with E-state index in [0.29, 0.717) is 12.1 Å². The second kappa shape index (κ2) is 6.99. The Bertz CT molecular complexity index is 558. The van der Waals surface area contributed by atoms with Gasteiger partial charge in [-0.2, -0.15) is 0 Å². The van der Waals surface area contributed by atoms with E-state index in [1.54, 1.807) is 12.1 Å². The summed E-state index contributed by atoms with van der Waals surface area (Å²) in [4.78, 5) is 25.0. The van der Waals surface area contributed by atoms with Crippen LogP contribution in [0.1, 0.15) is 5.56 Å². The monoisotopic (exact) mass is 293 g/mol. The molecule has 1 aliphatic rings. The van der Waals surface area contributed by atoms with Crippen LogP contribution in [0.5, 0.6) is 0 Å². The average molecular weight is 293 g/mol. The van der Waals surface area contributed by atoms with E-state index in [2.05, 4.69) is 4.74 Å². The van der Waals surface area contributed by atoms with Crippen molar-refractivity contribution in [3.8, 4) is 0 Å². The molecule has 1 atom stereocenters. The lowest BCUT2D eigenvalue weighted by Crippen LogP contribution is -2.48. The highest BCUT2D eigenvalue weighted by molar-refractivity contribution is 5.92. The molecule has 0 radical (unpaired) electrons. The normalized spacial score (nSPS) is 18.8. The molecule has 0 spiro atoms. The van der Waals surface area contributed by atoms with E-state index < -0.39 is 12.1 Å². The minimum atomic E-state index is -0.754. The number of morpholine rings is 1. The molecular formula is C15H16FNO4. The van der Waals surface area contributed by atoms with Crippen molar-refractivity contribution < 1.29 is 23.5 Å². The predicted octanol–water partition coefficient (Wildman–Crippen LogP) is 1.24. The third-order valence-electron chi connectivity index (χ3n) is 3.11. The summed E-state index contributed by atoms with van der Waals surface area (Å²) in [5, 5.41) is 0. The Labute approximate surface area is 121 Å². The van der Waals surface area contributed by atoms with Gasteiger partial charge in [0.15, 0.2) is 6.10 Å². The number of carbonyl (C=O) groups is 2. The number of halogens is 1. The number of amides is 1. The van der Waals surface area contributed by atoms with Crippen LogP contribution in [-0.4, -0.2) is 49.7 Å². The fourth-order valence-corrected chi connectivity index (χ4v) is 2.01. The van der Waals surface area contributed by atoms with E-state index >= 15 is 0 Å². The number of benzene rings is 1. The molecule has 112 valence electrons. The van der Waals surface area contributed by atoms with Gasteiger partial charge in [-0.3, -0.25) is 4.79 Å². The van der Waals surface area contributed by atoms with Gasteiger partial charge in [0, 0.05) is 12.6 Å². The number of hydrogen-bond acceptors (Lipinski definition) is 4. The summed E-state index contributed by atoms with van der Waals surface area (Å²) >= 11 is 0. The van der Waals surface area contributed by atoms with Gasteiger partial charge >= 0.3 is 5.97 Å². The molecule has 1 aromatic rings. The Balaban J connectivity index is 1.98. The smallest absolute Gasteiger partial charge is 0.336 e. The van der Waals surface area contributed by atoms with Gasteiger partial charge in [-0.05, 0) is 23.8 Å². The fourth-order valence-electron chi connectivity index (χ4n) is 2.01. The third-order valence-corrected chi connectivity index (χ3v) is 3.11. The second-order valence-electron chi connectivity index (χ2n) is 4.56. The zero-order valence-corrected chi connectivity index (χ0v) is 11.6. The van der Waals surface area contributed by atoms with Gasteiger partial charge in [0.2, 0.25) is 5.91 Å². The van der Waals surface area contributed by atoms with Crippen molar-refractivity contribution >= 4 is 18.0 Å². The van der Waals surface area contributed by atoms with Crippen LogP contribution in [0.25, 0.3) is 6.08 Å². The summed E-state index contributed by atoms with van der Waals surface area (Å²) < 4.78 is 22.9. The largest absolute Gasteiger partial charge is 0.467 e. The molecule has 0 bridgehead atoms. The lowest BCUT2D eigenvalue weighted by Gasteiger charge is -2.30. The minimum absolute atomic E-state index is 0.152. The Morgan fingerprint density at radius 2 is 2.29 bits per heavy atom. The van der Waals surface area contributed by atoms with E-state index in [0.717, 1.165) is 0 Å². The molecule has 1 unspecified atom stereocenters. The number of esters is 1. The van der Waals surface area contributed by atoms with Crippen LogP contribution in [-0.2, 0) is 19.1 Å². The lowest BCUT2D eigenvalue weighted by atomic mass is 10.2. The van der Waals surface area contributed by atoms with Crippen LogP contribution in [0, 0.1) is 5.82 Å². The molecule has 0 saturated carbocycles. The lowest BCUT2D eigenvalue weighted by molar-refractivity contribution is -0.161. The molecule has 0 aromatic heterocycles. The quantitative estimate of drug-likeness (QED) is 0.621. The van der Waals surface area contributed by atoms with Gasteiger partial charge in [0.05, 0.1) is 20.3 Å². The van der Waals surface area contributed by atoms with E-state index in [9.17, 15) is 14.0 Å². The molecule has 1 aliphatic heterocycles. The summed E-state index contributed by atoms with van der Waals surface area (Å²) in [6.45, 7) is 0.831. The minimum Gasteiger partial charge on any atom is -0.467 e. The van der Waals surface area contributed by atoms with Gasteiger partial charge in [0.25, 0.3) is 0 Å². The Hall–Kier alpha value is -2.21. The molecule has 5 nitrogen and oxygen atoms in total. The van der Waals surface area contributed by atoms with Crippen molar-refractivity contribution in [2.75, 3.05) is 26.8 Å². The first-order valence-electron chi connectivity index (χ1n) is 6.52. The maximum Gasteiger partial charge on any atom is 0.336 e. The van der Waals surface area contributed by atoms with Crippen LogP contribution in [0.3, 0.4) is 0 Å². The van der Waals surface area contributed by atoms with Gasteiger partial charge in [-0.25, -0.2) is 9.18 Å². The molecule has 1 aromatic carbocycles. The highest BCUT2D eigenvalue weighted by Crippen LogP contribution is 2.09. The van der Waals surface area contributed by atoms with Crippen molar-refractivity contribution in [2.24, 2.45) is 0 Å². The van der Waals surface area contributed by atoms with Crippen molar-refractivity contribution in [1.82, 2.24) is 4.90 Å². The van der Waals surface area contributed by atoms with Crippen molar-refractivity contribution in [3.05, 3.63) is 41.7 Å². The standard InChI is InChI=1S/C15H16FNO4/c1-20-15(19)13-10-17(7-8-21-13)14(18)6-5-11-3-2-4-12(16)9-11/h2-6,9,13H,7-8,10H2,1H3/b6-5+. The number of rotatable bonds is 3. The number of methoxy groups -OCH3 is 1. The molecule has 1 saturated heterocycles. The van der Waals surface area contributed by atoms with Gasteiger partial charge in [-0.1, -0.05) is 12.1 Å². The van der Waals surface area contributed by atoms with Crippen molar-refractivity contribution in [2.45, 2.75) is 6.10 Å². The number of nitrogens with zero attached hydrogens (tertiary/aromatic N) is 1. The molecule has 2 rings (SSSR count). The average Bonchev–Trinajstić information content (AvgIpc) is 2.52. The van der Waals surface area contributed by atoms with Gasteiger partial charge < -0.3 is 14.4 Å². The molecule has 1 heterocycles. The van der Waals surface area contributed by atoms with E-state index in [-0.39, 0.29) is 24.9 Å². The maximum absolute atomic E-state index is 13.0. The molecule has 21 heavy (non-hydrogen) atoms. The molecular weight excluding hydrogens is 277 g/mol. The number of ether oxygens (including phenoxy) is 2. The van der Waals surface area contributed by atoms with E-state index in [1.165, 1.54) is 36.3 Å². The summed E-state index contributed by atoms with van der Waals surface area (Å²) in [6, 6.07) is 5.94. The molecule has 0 aliphatic carbocycles. The zero-order valence-electron chi connectivity index (χ0n) is 11.6. The van der Waals surface area contributed by atoms with Crippen LogP contribution >= 0.6 is 0 Å². The van der Waals surface area contributed by atoms with Crippen LogP contribution in [0.4, 0.5) is 4.39 Å². The van der Waals surface area contributed by atoms with Crippen LogP contribution < -0.4 is 0 Å². The summed E-state index contributed by atoms with van der Waals surface area (Å²) in [5.74, 6) is -1.11. The maximum atomic E-state index is 13.0. The second-order valence-corrected chi connectivity index (χ2v) is 4.56. The highest BCUT2D eigenvalue weighted by atomic mass is 19.1. The predicted molar refractivity (Wildman–Crippen MR) is 73.8 cm³/mol. The van der Waals surface area contributed by atoms with Crippen molar-refractivity contribution in [1.29, 1.82) is 0 Å². The fraction of sp³-hybridized carbons (Fsp3) is 0.333. The first-order valence-corrected chi connectivity index (χ1v) is 6.52. The third kappa shape index (κ3) is 4.13. The highest BCUT2D eigenvalue weighted by Gasteiger charge is 2.28. The summed E-state index contributed by atoms with van der Waals surface area (Å²) in [5.41, 5.74) is 0.598. The van der Waals surface area contributed by atoms with Crippen LogP contribution in [0.2, 0.25) is 0 Å². The SMILES string of the molecule is COC(=O)C1CN(C(=O)/C=C/c2cccc(F)c2)CCO1. The molecule has 1 amide bonds. The number of hydrogen-bond donors (Lipinski definition) is 0. The molecule has 6 heteroatoms. The topological polar surface area (TPSA) is 55.8 Å². The Morgan fingerprint density at radius 1 is 1.48 bits per heavy atom. The van der Waals surface area contributed by atoms with Crippen molar-refractivity contribution in [3.63, 3.8) is 0 Å². The molecule has 1 fully saturated rings. The first kappa shape index (κ1) is 15.2. The summed E-state index contributed by atoms with van der Waals surface area (Å²) in [7, 11) is 1.27. The summed E-state index contributed by atoms with van der Waals surface area (Å²) in [6.07, 6.45) is 2.14. The van der Waals surface area contributed by atoms with E-state index in [4.69, 9.17) is 4.74 Å². The first-order chi connectivity index (χ1) is 10.1. The Kier molecular flexibility index (Phi) is 5.05. The van der Waals surface area contributed by atoms with E-state index in [1.807, 2.05) is 0 Å². The Morgan fingerprint density at radius 3 is 3.00 bits per heavy atom. The number of carbonyl (C=O) groups excluding carboxylic acids is 2. The molecule has 0 N–H and O–H groups in total. The van der Waals surface area contributed by atoms with Gasteiger partial charge in [0.1, 0.15) is 5.82 Å².